The summed E-state index contributed by atoms with van der Waals surface area (Å²) in [4.78, 5) is 20.5. The van der Waals surface area contributed by atoms with Gasteiger partial charge in [0.1, 0.15) is 13.2 Å². The van der Waals surface area contributed by atoms with E-state index < -0.39 is 20.1 Å². The van der Waals surface area contributed by atoms with E-state index in [9.17, 15) is 14.3 Å². The van der Waals surface area contributed by atoms with Crippen LogP contribution in [0.5, 0.6) is 0 Å². The van der Waals surface area contributed by atoms with Crippen LogP contribution >= 0.6 is 7.82 Å². The van der Waals surface area contributed by atoms with Gasteiger partial charge in [-0.3, -0.25) is 9.05 Å². The van der Waals surface area contributed by atoms with Gasteiger partial charge in [0, 0.05) is 6.08 Å². The van der Waals surface area contributed by atoms with Gasteiger partial charge in [-0.15, -0.1) is 0 Å². The van der Waals surface area contributed by atoms with Gasteiger partial charge in [0.05, 0.1) is 34.4 Å². The number of carbonyl (C=O) groups excluding carboxylic acids is 1. The Labute approximate surface area is 131 Å². The molecule has 0 bridgehead atoms. The molecule has 0 radical (unpaired) electrons. The Morgan fingerprint density at radius 3 is 2.45 bits per heavy atom. The largest absolute Gasteiger partial charge is 0.474 e. The maximum atomic E-state index is 11.8. The SMILES string of the molecule is C=CC(=O)OCCOC(C[N+](C)(C)C)OP(=O)(O)OCCC. The van der Waals surface area contributed by atoms with Crippen LogP contribution in [0.4, 0.5) is 0 Å². The van der Waals surface area contributed by atoms with E-state index in [4.69, 9.17) is 18.5 Å². The van der Waals surface area contributed by atoms with Crippen molar-refractivity contribution in [3.05, 3.63) is 12.7 Å². The highest BCUT2D eigenvalue weighted by atomic mass is 31.2. The van der Waals surface area contributed by atoms with Gasteiger partial charge in [0.25, 0.3) is 0 Å². The molecule has 0 aromatic heterocycles. The molecule has 0 rings (SSSR count). The van der Waals surface area contributed by atoms with Gasteiger partial charge < -0.3 is 18.9 Å². The predicted octanol–water partition coefficient (Wildman–Crippen LogP) is 1.31. The molecule has 0 aromatic carbocycles. The number of rotatable bonds is 12. The molecule has 0 saturated carbocycles. The second-order valence-electron chi connectivity index (χ2n) is 5.55. The molecule has 0 aliphatic rings. The van der Waals surface area contributed by atoms with E-state index >= 15 is 0 Å². The molecule has 0 saturated heterocycles. The zero-order valence-corrected chi connectivity index (χ0v) is 14.6. The summed E-state index contributed by atoms with van der Waals surface area (Å²) >= 11 is 0. The number of phosphoric ester groups is 1. The van der Waals surface area contributed by atoms with E-state index in [0.717, 1.165) is 6.08 Å². The number of quaternary nitrogens is 1. The number of esters is 1. The molecule has 1 N–H and O–H groups in total. The van der Waals surface area contributed by atoms with Crippen molar-refractivity contribution in [2.24, 2.45) is 0 Å². The van der Waals surface area contributed by atoms with Crippen molar-refractivity contribution in [3.8, 4) is 0 Å². The van der Waals surface area contributed by atoms with Gasteiger partial charge in [-0.05, 0) is 6.42 Å². The van der Waals surface area contributed by atoms with Crippen LogP contribution in [0.3, 0.4) is 0 Å². The normalized spacial score (nSPS) is 15.9. The molecule has 2 atom stereocenters. The number of likely N-dealkylation sites (N-methyl/N-ethyl adjacent to an activating group) is 1. The molecule has 0 fully saturated rings. The second-order valence-corrected chi connectivity index (χ2v) is 6.96. The summed E-state index contributed by atoms with van der Waals surface area (Å²) in [7, 11) is 1.46. The fraction of sp³-hybridized carbons (Fsp3) is 0.769. The Balaban J connectivity index is 4.46. The van der Waals surface area contributed by atoms with Gasteiger partial charge >= 0.3 is 13.8 Å². The summed E-state index contributed by atoms with van der Waals surface area (Å²) < 4.78 is 32.2. The molecular weight excluding hydrogens is 313 g/mol. The first kappa shape index (κ1) is 21.2. The molecule has 9 heteroatoms. The highest BCUT2D eigenvalue weighted by Gasteiger charge is 2.30. The number of ether oxygens (including phenoxy) is 2. The van der Waals surface area contributed by atoms with Crippen molar-refractivity contribution in [1.29, 1.82) is 0 Å². The zero-order valence-electron chi connectivity index (χ0n) is 13.7. The van der Waals surface area contributed by atoms with Crippen LogP contribution in [0.15, 0.2) is 12.7 Å². The lowest BCUT2D eigenvalue weighted by Gasteiger charge is -2.29. The fourth-order valence-electron chi connectivity index (χ4n) is 1.33. The molecule has 0 aromatic rings. The first-order chi connectivity index (χ1) is 10.1. The van der Waals surface area contributed by atoms with E-state index in [2.05, 4.69) is 6.58 Å². The average molecular weight is 340 g/mol. The van der Waals surface area contributed by atoms with Crippen molar-refractivity contribution < 1.29 is 37.3 Å². The van der Waals surface area contributed by atoms with Crippen LogP contribution in [0.2, 0.25) is 0 Å². The summed E-state index contributed by atoms with van der Waals surface area (Å²) in [6.07, 6.45) is 0.669. The lowest BCUT2D eigenvalue weighted by Crippen LogP contribution is -2.43. The monoisotopic (exact) mass is 340 g/mol. The molecule has 0 heterocycles. The van der Waals surface area contributed by atoms with E-state index in [1.165, 1.54) is 0 Å². The van der Waals surface area contributed by atoms with E-state index in [-0.39, 0.29) is 19.8 Å². The smallest absolute Gasteiger partial charge is 0.460 e. The molecule has 0 spiro atoms. The number of nitrogens with zero attached hydrogens (tertiary/aromatic N) is 1. The maximum absolute atomic E-state index is 11.8. The van der Waals surface area contributed by atoms with Crippen molar-refractivity contribution in [2.45, 2.75) is 19.6 Å². The van der Waals surface area contributed by atoms with Crippen LogP contribution in [-0.4, -0.2) is 69.1 Å². The summed E-state index contributed by atoms with van der Waals surface area (Å²) in [5, 5.41) is 0. The highest BCUT2D eigenvalue weighted by Crippen LogP contribution is 2.44. The summed E-state index contributed by atoms with van der Waals surface area (Å²) in [6, 6.07) is 0. The topological polar surface area (TPSA) is 91.3 Å². The van der Waals surface area contributed by atoms with Gasteiger partial charge in [0.2, 0.25) is 6.29 Å². The summed E-state index contributed by atoms with van der Waals surface area (Å²) in [6.45, 7) is 5.53. The molecule has 22 heavy (non-hydrogen) atoms. The van der Waals surface area contributed by atoms with Crippen molar-refractivity contribution in [3.63, 3.8) is 0 Å². The molecule has 8 nitrogen and oxygen atoms in total. The molecule has 0 amide bonds. The number of phosphoric acid groups is 1. The lowest BCUT2D eigenvalue weighted by atomic mass is 10.5. The van der Waals surface area contributed by atoms with Gasteiger partial charge in [-0.25, -0.2) is 9.36 Å². The minimum absolute atomic E-state index is 0.00654. The Bertz CT molecular complexity index is 394. The van der Waals surface area contributed by atoms with Crippen LogP contribution in [0, 0.1) is 0 Å². The third-order valence-corrected chi connectivity index (χ3v) is 3.21. The minimum atomic E-state index is -4.18. The van der Waals surface area contributed by atoms with Gasteiger partial charge in [0.15, 0.2) is 0 Å². The van der Waals surface area contributed by atoms with Crippen LogP contribution in [0.25, 0.3) is 0 Å². The number of hydrogen-bond donors (Lipinski definition) is 1. The number of hydrogen-bond acceptors (Lipinski definition) is 6. The zero-order chi connectivity index (χ0) is 17.2. The quantitative estimate of drug-likeness (QED) is 0.143. The molecule has 0 aliphatic heterocycles. The Morgan fingerprint density at radius 1 is 1.32 bits per heavy atom. The molecule has 2 unspecified atom stereocenters. The third kappa shape index (κ3) is 11.9. The predicted molar refractivity (Wildman–Crippen MR) is 80.9 cm³/mol. The number of carbonyl (C=O) groups is 1. The highest BCUT2D eigenvalue weighted by molar-refractivity contribution is 7.47. The van der Waals surface area contributed by atoms with Gasteiger partial charge in [-0.1, -0.05) is 13.5 Å². The Kier molecular flexibility index (Phi) is 9.75. The van der Waals surface area contributed by atoms with Crippen molar-refractivity contribution >= 4 is 13.8 Å². The van der Waals surface area contributed by atoms with Crippen LogP contribution in [0.1, 0.15) is 13.3 Å². The molecule has 0 aliphatic carbocycles. The summed E-state index contributed by atoms with van der Waals surface area (Å²) in [5.74, 6) is -0.563. The Morgan fingerprint density at radius 2 is 1.95 bits per heavy atom. The maximum Gasteiger partial charge on any atom is 0.474 e. The minimum Gasteiger partial charge on any atom is -0.460 e. The van der Waals surface area contributed by atoms with Crippen LogP contribution in [-0.2, 0) is 27.9 Å². The third-order valence-electron chi connectivity index (χ3n) is 2.20. The fourth-order valence-corrected chi connectivity index (χ4v) is 2.23. The second kappa shape index (κ2) is 10.1. The summed E-state index contributed by atoms with van der Waals surface area (Å²) in [5.41, 5.74) is 0. The first-order valence-corrected chi connectivity index (χ1v) is 8.46. The van der Waals surface area contributed by atoms with E-state index in [0.29, 0.717) is 17.4 Å². The molecule has 130 valence electrons. The van der Waals surface area contributed by atoms with Gasteiger partial charge in [-0.2, -0.15) is 0 Å². The van der Waals surface area contributed by atoms with E-state index in [1.807, 2.05) is 28.1 Å². The average Bonchev–Trinajstić information content (AvgIpc) is 2.38. The first-order valence-electron chi connectivity index (χ1n) is 6.96. The molecular formula is C13H27NO7P+. The van der Waals surface area contributed by atoms with Crippen LogP contribution < -0.4 is 0 Å². The lowest BCUT2D eigenvalue weighted by molar-refractivity contribution is -0.876. The Hall–Kier alpha value is -0.760. The van der Waals surface area contributed by atoms with Crippen molar-refractivity contribution in [2.75, 3.05) is 47.5 Å². The van der Waals surface area contributed by atoms with Crippen molar-refractivity contribution in [1.82, 2.24) is 0 Å². The van der Waals surface area contributed by atoms with E-state index in [1.54, 1.807) is 0 Å². The standard InChI is InChI=1S/C13H26NO7P/c1-6-8-20-22(16,17)21-13(11-14(3,4)5)19-10-9-18-12(15)7-2/h7,13H,2,6,8-11H2,1,3-5H3/p+1.